The molecule has 0 aliphatic carbocycles. The zero-order chi connectivity index (χ0) is 15.8. The van der Waals surface area contributed by atoms with Crippen LogP contribution in [0.25, 0.3) is 0 Å². The molecule has 2 aromatic rings. The number of nitrogens with one attached hydrogen (secondary N) is 2. The summed E-state index contributed by atoms with van der Waals surface area (Å²) in [5.74, 6) is 0.387. The molecule has 0 aliphatic heterocycles. The zero-order valence-corrected chi connectivity index (χ0v) is 13.5. The normalized spacial score (nSPS) is 11.7. The maximum Gasteiger partial charge on any atom is 0.315 e. The molecule has 6 heteroatoms. The highest BCUT2D eigenvalue weighted by molar-refractivity contribution is 7.85. The summed E-state index contributed by atoms with van der Waals surface area (Å²) >= 11 is 5.79. The van der Waals surface area contributed by atoms with Gasteiger partial charge >= 0.3 is 6.03 Å². The van der Waals surface area contributed by atoms with Crippen LogP contribution < -0.4 is 10.6 Å². The third-order valence-electron chi connectivity index (χ3n) is 2.95. The molecule has 2 rings (SSSR count). The Hall–Kier alpha value is -1.85. The molecule has 0 aromatic heterocycles. The molecule has 0 aliphatic rings. The molecule has 2 N–H and O–H groups in total. The molecule has 116 valence electrons. The molecule has 0 spiro atoms. The van der Waals surface area contributed by atoms with Gasteiger partial charge in [-0.2, -0.15) is 0 Å². The lowest BCUT2D eigenvalue weighted by atomic mass is 10.2. The first kappa shape index (κ1) is 16.5. The number of hydrogen-bond acceptors (Lipinski definition) is 2. The van der Waals surface area contributed by atoms with Crippen LogP contribution in [0.5, 0.6) is 0 Å². The molecular formula is C16H17ClN2O2S. The molecule has 0 heterocycles. The molecule has 0 unspecified atom stereocenters. The van der Waals surface area contributed by atoms with Gasteiger partial charge in [0.25, 0.3) is 0 Å². The van der Waals surface area contributed by atoms with Crippen LogP contribution in [0.3, 0.4) is 0 Å². The number of benzene rings is 2. The minimum atomic E-state index is -1.10. The molecular weight excluding hydrogens is 320 g/mol. The lowest BCUT2D eigenvalue weighted by Crippen LogP contribution is -2.37. The van der Waals surface area contributed by atoms with Crippen LogP contribution in [-0.2, 0) is 17.3 Å². The van der Waals surface area contributed by atoms with Crippen molar-refractivity contribution < 1.29 is 9.00 Å². The summed E-state index contributed by atoms with van der Waals surface area (Å²) in [6.07, 6.45) is 0. The second-order valence-electron chi connectivity index (χ2n) is 4.60. The summed E-state index contributed by atoms with van der Waals surface area (Å²) in [6.45, 7) is 0.777. The van der Waals surface area contributed by atoms with Crippen molar-refractivity contribution in [2.45, 2.75) is 11.4 Å². The monoisotopic (exact) mass is 336 g/mol. The number of rotatable bonds is 6. The fourth-order valence-corrected chi connectivity index (χ4v) is 2.90. The standard InChI is InChI=1S/C16H17ClN2O2S/c17-14-8-6-13(7-9-14)12-19-16(20)18-10-11-22(21)15-4-2-1-3-5-15/h1-9H,10-12H2,(H2,18,19,20)/t22-/m0/s1. The zero-order valence-electron chi connectivity index (χ0n) is 11.9. The number of urea groups is 1. The minimum Gasteiger partial charge on any atom is -0.337 e. The van der Waals surface area contributed by atoms with Crippen LogP contribution >= 0.6 is 11.6 Å². The number of carbonyl (C=O) groups is 1. The Morgan fingerprint density at radius 2 is 1.68 bits per heavy atom. The summed E-state index contributed by atoms with van der Waals surface area (Å²) < 4.78 is 12.0. The summed E-state index contributed by atoms with van der Waals surface area (Å²) in [5.41, 5.74) is 0.965. The van der Waals surface area contributed by atoms with Crippen LogP contribution in [0.2, 0.25) is 5.02 Å². The van der Waals surface area contributed by atoms with Gasteiger partial charge in [-0.3, -0.25) is 4.21 Å². The lowest BCUT2D eigenvalue weighted by Gasteiger charge is -2.08. The van der Waals surface area contributed by atoms with E-state index in [1.54, 1.807) is 12.1 Å². The molecule has 2 aromatic carbocycles. The van der Waals surface area contributed by atoms with Gasteiger partial charge in [-0.1, -0.05) is 41.9 Å². The molecule has 0 saturated heterocycles. The fourth-order valence-electron chi connectivity index (χ4n) is 1.79. The van der Waals surface area contributed by atoms with Crippen molar-refractivity contribution in [3.8, 4) is 0 Å². The maximum absolute atomic E-state index is 12.0. The molecule has 0 saturated carbocycles. The first-order chi connectivity index (χ1) is 10.6. The number of amides is 2. The number of carbonyl (C=O) groups excluding carboxylic acids is 1. The number of hydrogen-bond donors (Lipinski definition) is 2. The van der Waals surface area contributed by atoms with E-state index in [9.17, 15) is 9.00 Å². The third-order valence-corrected chi connectivity index (χ3v) is 4.57. The van der Waals surface area contributed by atoms with E-state index in [2.05, 4.69) is 10.6 Å². The molecule has 0 bridgehead atoms. The van der Waals surface area contributed by atoms with Crippen molar-refractivity contribution in [3.05, 3.63) is 65.2 Å². The average Bonchev–Trinajstić information content (AvgIpc) is 2.55. The van der Waals surface area contributed by atoms with Crippen molar-refractivity contribution >= 4 is 28.4 Å². The first-order valence-corrected chi connectivity index (χ1v) is 8.54. The molecule has 1 atom stereocenters. The van der Waals surface area contributed by atoms with Crippen molar-refractivity contribution in [2.24, 2.45) is 0 Å². The van der Waals surface area contributed by atoms with Gasteiger partial charge in [0, 0.05) is 28.8 Å². The lowest BCUT2D eigenvalue weighted by molar-refractivity contribution is 0.241. The third kappa shape index (κ3) is 5.50. The predicted octanol–water partition coefficient (Wildman–Crippen LogP) is 2.95. The summed E-state index contributed by atoms with van der Waals surface area (Å²) in [5, 5.41) is 6.10. The van der Waals surface area contributed by atoms with Gasteiger partial charge in [0.2, 0.25) is 0 Å². The minimum absolute atomic E-state index is 0.278. The van der Waals surface area contributed by atoms with E-state index < -0.39 is 10.8 Å². The maximum atomic E-state index is 12.0. The van der Waals surface area contributed by atoms with E-state index in [-0.39, 0.29) is 6.03 Å². The largest absolute Gasteiger partial charge is 0.337 e. The number of halogens is 1. The van der Waals surface area contributed by atoms with Crippen LogP contribution in [0, 0.1) is 0 Å². The summed E-state index contributed by atoms with van der Waals surface area (Å²) in [7, 11) is -1.10. The molecule has 2 amide bonds. The quantitative estimate of drug-likeness (QED) is 0.852. The van der Waals surface area contributed by atoms with Gasteiger partial charge in [0.15, 0.2) is 0 Å². The van der Waals surface area contributed by atoms with E-state index in [0.717, 1.165) is 10.5 Å². The van der Waals surface area contributed by atoms with Gasteiger partial charge in [-0.15, -0.1) is 0 Å². The van der Waals surface area contributed by atoms with Gasteiger partial charge in [0.1, 0.15) is 0 Å². The Morgan fingerprint density at radius 1 is 1.00 bits per heavy atom. The average molecular weight is 337 g/mol. The van der Waals surface area contributed by atoms with Crippen LogP contribution in [-0.4, -0.2) is 22.5 Å². The highest BCUT2D eigenvalue weighted by Gasteiger charge is 2.04. The molecule has 22 heavy (non-hydrogen) atoms. The van der Waals surface area contributed by atoms with Gasteiger partial charge in [-0.25, -0.2) is 4.79 Å². The van der Waals surface area contributed by atoms with Gasteiger partial charge < -0.3 is 10.6 Å². The van der Waals surface area contributed by atoms with E-state index in [1.807, 2.05) is 42.5 Å². The molecule has 4 nitrogen and oxygen atoms in total. The molecule has 0 radical (unpaired) electrons. The Bertz CT molecular complexity index is 632. The SMILES string of the molecule is O=C(NCC[S@](=O)c1ccccc1)NCc1ccc(Cl)cc1. The Labute approximate surface area is 137 Å². The van der Waals surface area contributed by atoms with Crippen LogP contribution in [0.1, 0.15) is 5.56 Å². The first-order valence-electron chi connectivity index (χ1n) is 6.85. The highest BCUT2D eigenvalue weighted by Crippen LogP contribution is 2.09. The smallest absolute Gasteiger partial charge is 0.315 e. The van der Waals surface area contributed by atoms with Crippen molar-refractivity contribution in [1.82, 2.24) is 10.6 Å². The predicted molar refractivity (Wildman–Crippen MR) is 89.4 cm³/mol. The topological polar surface area (TPSA) is 58.2 Å². The summed E-state index contributed by atoms with van der Waals surface area (Å²) in [4.78, 5) is 12.4. The van der Waals surface area contributed by atoms with E-state index in [1.165, 1.54) is 0 Å². The Balaban J connectivity index is 1.67. The van der Waals surface area contributed by atoms with Gasteiger partial charge in [0.05, 0.1) is 10.8 Å². The fraction of sp³-hybridized carbons (Fsp3) is 0.188. The van der Waals surface area contributed by atoms with Crippen LogP contribution in [0.4, 0.5) is 4.79 Å². The summed E-state index contributed by atoms with van der Waals surface area (Å²) in [6, 6.07) is 16.2. The van der Waals surface area contributed by atoms with Gasteiger partial charge in [-0.05, 0) is 29.8 Å². The molecule has 0 fully saturated rings. The van der Waals surface area contributed by atoms with Crippen molar-refractivity contribution in [1.29, 1.82) is 0 Å². The second kappa shape index (κ2) is 8.56. The van der Waals surface area contributed by atoms with E-state index >= 15 is 0 Å². The second-order valence-corrected chi connectivity index (χ2v) is 6.61. The highest BCUT2D eigenvalue weighted by atomic mass is 35.5. The Morgan fingerprint density at radius 3 is 2.36 bits per heavy atom. The van der Waals surface area contributed by atoms with E-state index in [4.69, 9.17) is 11.6 Å². The van der Waals surface area contributed by atoms with Crippen molar-refractivity contribution in [2.75, 3.05) is 12.3 Å². The van der Waals surface area contributed by atoms with Crippen molar-refractivity contribution in [3.63, 3.8) is 0 Å². The Kier molecular flexibility index (Phi) is 6.43. The van der Waals surface area contributed by atoms with Crippen LogP contribution in [0.15, 0.2) is 59.5 Å². The van der Waals surface area contributed by atoms with E-state index in [0.29, 0.717) is 23.9 Å².